The van der Waals surface area contributed by atoms with E-state index < -0.39 is 4.92 Å². The van der Waals surface area contributed by atoms with Crippen LogP contribution < -0.4 is 10.6 Å². The number of nitrogens with zero attached hydrogens (tertiary/aromatic N) is 5. The molecule has 0 bridgehead atoms. The second kappa shape index (κ2) is 9.64. The van der Waals surface area contributed by atoms with Gasteiger partial charge in [-0.2, -0.15) is 4.68 Å². The standard InChI is InChI=1S/C18H19N7O3S/c1-29-18-21-22-23-24(18)16-5-2-4-14(12-16)20-17(26)6-3-11-19-13-7-9-15(10-8-13)25(27)28/h2,4-5,7-10,12,19H,3,6,11H2,1H3,(H,20,26). The van der Waals surface area contributed by atoms with Crippen molar-refractivity contribution in [1.82, 2.24) is 20.2 Å². The average molecular weight is 413 g/mol. The van der Waals surface area contributed by atoms with E-state index >= 15 is 0 Å². The Hall–Kier alpha value is -3.47. The number of nitrogens with one attached hydrogen (secondary N) is 2. The molecular formula is C18H19N7O3S. The predicted octanol–water partition coefficient (Wildman–Crippen LogP) is 3.12. The molecule has 1 amide bonds. The first-order chi connectivity index (χ1) is 14.1. The molecule has 0 atom stereocenters. The summed E-state index contributed by atoms with van der Waals surface area (Å²) >= 11 is 1.43. The Labute approximate surface area is 170 Å². The van der Waals surface area contributed by atoms with E-state index in [2.05, 4.69) is 26.2 Å². The summed E-state index contributed by atoms with van der Waals surface area (Å²) in [7, 11) is 0. The van der Waals surface area contributed by atoms with Crippen molar-refractivity contribution in [3.63, 3.8) is 0 Å². The van der Waals surface area contributed by atoms with Crippen LogP contribution in [-0.2, 0) is 4.79 Å². The Morgan fingerprint density at radius 3 is 2.72 bits per heavy atom. The molecule has 0 unspecified atom stereocenters. The Morgan fingerprint density at radius 1 is 1.21 bits per heavy atom. The van der Waals surface area contributed by atoms with Crippen LogP contribution in [0, 0.1) is 10.1 Å². The fourth-order valence-electron chi connectivity index (χ4n) is 2.59. The van der Waals surface area contributed by atoms with Crippen LogP contribution in [0.25, 0.3) is 5.69 Å². The SMILES string of the molecule is CSc1nnnn1-c1cccc(NC(=O)CCCNc2ccc([N+](=O)[O-])cc2)c1. The van der Waals surface area contributed by atoms with E-state index in [-0.39, 0.29) is 11.6 Å². The van der Waals surface area contributed by atoms with Crippen LogP contribution in [0.1, 0.15) is 12.8 Å². The zero-order chi connectivity index (χ0) is 20.6. The van der Waals surface area contributed by atoms with Crippen molar-refractivity contribution >= 4 is 34.7 Å². The van der Waals surface area contributed by atoms with Gasteiger partial charge in [-0.25, -0.2) is 0 Å². The highest BCUT2D eigenvalue weighted by Gasteiger charge is 2.09. The summed E-state index contributed by atoms with van der Waals surface area (Å²) in [5, 5.41) is 28.9. The number of hydrogen-bond donors (Lipinski definition) is 2. The molecule has 0 saturated heterocycles. The summed E-state index contributed by atoms with van der Waals surface area (Å²) in [4.78, 5) is 22.4. The lowest BCUT2D eigenvalue weighted by molar-refractivity contribution is -0.384. The molecule has 10 nitrogen and oxygen atoms in total. The molecule has 0 aliphatic carbocycles. The maximum absolute atomic E-state index is 12.2. The van der Waals surface area contributed by atoms with E-state index in [1.165, 1.54) is 23.9 Å². The first kappa shape index (κ1) is 20.3. The maximum atomic E-state index is 12.2. The van der Waals surface area contributed by atoms with Gasteiger partial charge < -0.3 is 10.6 Å². The zero-order valence-corrected chi connectivity index (χ0v) is 16.4. The van der Waals surface area contributed by atoms with Gasteiger partial charge in [-0.15, -0.1) is 5.10 Å². The third kappa shape index (κ3) is 5.51. The highest BCUT2D eigenvalue weighted by atomic mass is 32.2. The molecule has 1 heterocycles. The number of hydrogen-bond acceptors (Lipinski definition) is 8. The van der Waals surface area contributed by atoms with Crippen molar-refractivity contribution in [2.75, 3.05) is 23.4 Å². The largest absolute Gasteiger partial charge is 0.385 e. The number of benzene rings is 2. The van der Waals surface area contributed by atoms with Crippen LogP contribution in [0.5, 0.6) is 0 Å². The van der Waals surface area contributed by atoms with Crippen molar-refractivity contribution in [3.05, 3.63) is 58.6 Å². The molecule has 2 aromatic carbocycles. The highest BCUT2D eigenvalue weighted by molar-refractivity contribution is 7.98. The topological polar surface area (TPSA) is 128 Å². The summed E-state index contributed by atoms with van der Waals surface area (Å²) in [5.74, 6) is -0.102. The van der Waals surface area contributed by atoms with Gasteiger partial charge in [0.05, 0.1) is 10.6 Å². The number of carbonyl (C=O) groups excluding carboxylic acids is 1. The van der Waals surface area contributed by atoms with Crippen LogP contribution in [0.15, 0.2) is 53.7 Å². The van der Waals surface area contributed by atoms with Gasteiger partial charge in [0, 0.05) is 36.5 Å². The predicted molar refractivity (Wildman–Crippen MR) is 110 cm³/mol. The lowest BCUT2D eigenvalue weighted by atomic mass is 10.2. The molecule has 1 aromatic heterocycles. The molecule has 0 spiro atoms. The van der Waals surface area contributed by atoms with E-state index in [1.807, 2.05) is 24.5 Å². The van der Waals surface area contributed by atoms with Crippen LogP contribution >= 0.6 is 11.8 Å². The Bertz CT molecular complexity index is 991. The van der Waals surface area contributed by atoms with Gasteiger partial charge in [-0.3, -0.25) is 14.9 Å². The van der Waals surface area contributed by atoms with Crippen LogP contribution in [-0.4, -0.2) is 43.8 Å². The second-order valence-electron chi connectivity index (χ2n) is 6.01. The summed E-state index contributed by atoms with van der Waals surface area (Å²) < 4.78 is 1.61. The maximum Gasteiger partial charge on any atom is 0.269 e. The van der Waals surface area contributed by atoms with E-state index in [9.17, 15) is 14.9 Å². The smallest absolute Gasteiger partial charge is 0.269 e. The molecule has 3 rings (SSSR count). The number of amides is 1. The normalized spacial score (nSPS) is 10.5. The van der Waals surface area contributed by atoms with Crippen LogP contribution in [0.3, 0.4) is 0 Å². The fraction of sp³-hybridized carbons (Fsp3) is 0.222. The molecule has 0 radical (unpaired) electrons. The lowest BCUT2D eigenvalue weighted by Crippen LogP contribution is -2.13. The number of non-ortho nitro benzene ring substituents is 1. The van der Waals surface area contributed by atoms with Crippen LogP contribution in [0.4, 0.5) is 17.1 Å². The summed E-state index contributed by atoms with van der Waals surface area (Å²) in [6.07, 6.45) is 2.84. The van der Waals surface area contributed by atoms with E-state index in [0.717, 1.165) is 11.4 Å². The van der Waals surface area contributed by atoms with Gasteiger partial charge in [-0.1, -0.05) is 17.8 Å². The van der Waals surface area contributed by atoms with E-state index in [0.29, 0.717) is 30.2 Å². The number of anilines is 2. The van der Waals surface area contributed by atoms with Gasteiger partial charge in [0.15, 0.2) is 0 Å². The number of nitro groups is 1. The minimum absolute atomic E-state index is 0.0449. The van der Waals surface area contributed by atoms with Crippen LogP contribution in [0.2, 0.25) is 0 Å². The fourth-order valence-corrected chi connectivity index (χ4v) is 3.02. The molecular weight excluding hydrogens is 394 g/mol. The minimum Gasteiger partial charge on any atom is -0.385 e. The molecule has 11 heteroatoms. The van der Waals surface area contributed by atoms with E-state index in [4.69, 9.17) is 0 Å². The second-order valence-corrected chi connectivity index (χ2v) is 6.78. The molecule has 150 valence electrons. The molecule has 0 fully saturated rings. The molecule has 3 aromatic rings. The Morgan fingerprint density at radius 2 is 2.00 bits per heavy atom. The monoisotopic (exact) mass is 413 g/mol. The van der Waals surface area contributed by atoms with Gasteiger partial charge in [-0.05, 0) is 53.4 Å². The number of rotatable bonds is 9. The van der Waals surface area contributed by atoms with Crippen molar-refractivity contribution in [2.24, 2.45) is 0 Å². The quantitative estimate of drug-likeness (QED) is 0.237. The van der Waals surface area contributed by atoms with Gasteiger partial charge in [0.25, 0.3) is 5.69 Å². The number of carbonyl (C=O) groups is 1. The first-order valence-electron chi connectivity index (χ1n) is 8.78. The van der Waals surface area contributed by atoms with Crippen molar-refractivity contribution in [2.45, 2.75) is 18.0 Å². The van der Waals surface area contributed by atoms with Crippen molar-refractivity contribution in [1.29, 1.82) is 0 Å². The van der Waals surface area contributed by atoms with Gasteiger partial charge in [0.1, 0.15) is 0 Å². The molecule has 29 heavy (non-hydrogen) atoms. The Kier molecular flexibility index (Phi) is 6.74. The van der Waals surface area contributed by atoms with Crippen molar-refractivity contribution in [3.8, 4) is 5.69 Å². The molecule has 0 aliphatic rings. The summed E-state index contributed by atoms with van der Waals surface area (Å²) in [5.41, 5.74) is 2.24. The third-order valence-corrected chi connectivity index (χ3v) is 4.61. The Balaban J connectivity index is 1.47. The number of nitro benzene ring substituents is 1. The van der Waals surface area contributed by atoms with E-state index in [1.54, 1.807) is 22.9 Å². The average Bonchev–Trinajstić information content (AvgIpc) is 3.21. The highest BCUT2D eigenvalue weighted by Crippen LogP contribution is 2.19. The number of tetrazole rings is 1. The lowest BCUT2D eigenvalue weighted by Gasteiger charge is -2.09. The number of thioether (sulfide) groups is 1. The van der Waals surface area contributed by atoms with Gasteiger partial charge in [0.2, 0.25) is 11.1 Å². The zero-order valence-electron chi connectivity index (χ0n) is 15.6. The first-order valence-corrected chi connectivity index (χ1v) is 10.0. The summed E-state index contributed by atoms with van der Waals surface area (Å²) in [6.45, 7) is 0.576. The third-order valence-electron chi connectivity index (χ3n) is 3.99. The molecule has 0 aliphatic heterocycles. The van der Waals surface area contributed by atoms with Crippen molar-refractivity contribution < 1.29 is 9.72 Å². The number of aromatic nitrogens is 4. The molecule has 2 N–H and O–H groups in total. The minimum atomic E-state index is -0.440. The molecule has 0 saturated carbocycles. The van der Waals surface area contributed by atoms with Gasteiger partial charge >= 0.3 is 0 Å². The summed E-state index contributed by atoms with van der Waals surface area (Å²) in [6, 6.07) is 13.5.